The van der Waals surface area contributed by atoms with Gasteiger partial charge in [-0.05, 0) is 25.1 Å². The van der Waals surface area contributed by atoms with Crippen molar-refractivity contribution < 1.29 is 8.42 Å². The maximum atomic E-state index is 12.6. The second kappa shape index (κ2) is 6.49. The molecule has 20 heavy (non-hydrogen) atoms. The molecule has 0 spiro atoms. The van der Waals surface area contributed by atoms with Crippen LogP contribution in [-0.2, 0) is 10.0 Å². The maximum absolute atomic E-state index is 12.6. The molecule has 0 atom stereocenters. The zero-order valence-corrected chi connectivity index (χ0v) is 12.4. The molecule has 0 saturated carbocycles. The molecule has 7 nitrogen and oxygen atoms in total. The molecule has 0 radical (unpaired) electrons. The van der Waals surface area contributed by atoms with Crippen LogP contribution in [0.15, 0.2) is 23.2 Å². The first-order valence-electron chi connectivity index (χ1n) is 6.73. The van der Waals surface area contributed by atoms with Crippen molar-refractivity contribution in [3.05, 3.63) is 18.3 Å². The molecule has 1 aliphatic heterocycles. The van der Waals surface area contributed by atoms with Crippen molar-refractivity contribution in [1.82, 2.24) is 14.2 Å². The number of rotatable bonds is 5. The predicted octanol–water partition coefficient (Wildman–Crippen LogP) is 0.0835. The number of sulfonamides is 1. The normalized spacial score (nSPS) is 18.1. The molecular weight excluding hydrogens is 278 g/mol. The molecule has 3 N–H and O–H groups in total. The number of nitrogens with zero attached hydrogens (tertiary/aromatic N) is 3. The first kappa shape index (κ1) is 15.2. The lowest BCUT2D eigenvalue weighted by Gasteiger charge is -2.33. The fraction of sp³-hybridized carbons (Fsp3) is 0.583. The van der Waals surface area contributed by atoms with Crippen LogP contribution in [0.5, 0.6) is 0 Å². The molecule has 2 rings (SSSR count). The Bertz CT molecular complexity index is 541. The van der Waals surface area contributed by atoms with Gasteiger partial charge in [-0.2, -0.15) is 4.31 Å². The van der Waals surface area contributed by atoms with Gasteiger partial charge in [0.2, 0.25) is 10.0 Å². The van der Waals surface area contributed by atoms with E-state index in [2.05, 4.69) is 22.2 Å². The number of aromatic nitrogens is 1. The molecule has 0 aromatic carbocycles. The summed E-state index contributed by atoms with van der Waals surface area (Å²) in [6.07, 6.45) is 2.59. The van der Waals surface area contributed by atoms with Crippen molar-refractivity contribution in [3.8, 4) is 0 Å². The highest BCUT2D eigenvalue weighted by Gasteiger charge is 2.30. The molecule has 1 fully saturated rings. The van der Waals surface area contributed by atoms with Crippen LogP contribution < -0.4 is 11.3 Å². The van der Waals surface area contributed by atoms with Crippen molar-refractivity contribution in [1.29, 1.82) is 0 Å². The fourth-order valence-corrected chi connectivity index (χ4v) is 3.88. The van der Waals surface area contributed by atoms with E-state index in [1.165, 1.54) is 16.6 Å². The van der Waals surface area contributed by atoms with E-state index in [4.69, 9.17) is 5.84 Å². The van der Waals surface area contributed by atoms with Gasteiger partial charge < -0.3 is 10.3 Å². The van der Waals surface area contributed by atoms with E-state index in [1.54, 1.807) is 6.07 Å². The second-order valence-corrected chi connectivity index (χ2v) is 6.65. The van der Waals surface area contributed by atoms with Gasteiger partial charge in [0, 0.05) is 32.4 Å². The molecule has 1 aromatic heterocycles. The first-order chi connectivity index (χ1) is 9.59. The van der Waals surface area contributed by atoms with Gasteiger partial charge in [0.15, 0.2) is 5.82 Å². The Morgan fingerprint density at radius 3 is 2.65 bits per heavy atom. The van der Waals surface area contributed by atoms with Crippen LogP contribution in [0.4, 0.5) is 5.82 Å². The third kappa shape index (κ3) is 3.09. The summed E-state index contributed by atoms with van der Waals surface area (Å²) in [5.74, 6) is 5.52. The standard InChI is InChI=1S/C12H21N5O2S/c1-2-6-16-7-9-17(10-8-16)20(18,19)11-4-3-5-14-12(11)15-13/h3-5H,2,6-10,13H2,1H3,(H,14,15). The summed E-state index contributed by atoms with van der Waals surface area (Å²) in [7, 11) is -3.54. The van der Waals surface area contributed by atoms with E-state index in [1.807, 2.05) is 0 Å². The van der Waals surface area contributed by atoms with E-state index < -0.39 is 10.0 Å². The largest absolute Gasteiger partial charge is 0.307 e. The third-order valence-corrected chi connectivity index (χ3v) is 5.33. The third-order valence-electron chi connectivity index (χ3n) is 3.40. The Hall–Kier alpha value is -1.22. The zero-order chi connectivity index (χ0) is 14.6. The van der Waals surface area contributed by atoms with Gasteiger partial charge >= 0.3 is 0 Å². The highest BCUT2D eigenvalue weighted by molar-refractivity contribution is 7.89. The van der Waals surface area contributed by atoms with Gasteiger partial charge in [0.1, 0.15) is 4.90 Å². The van der Waals surface area contributed by atoms with Crippen LogP contribution in [0.3, 0.4) is 0 Å². The SMILES string of the molecule is CCCN1CCN(S(=O)(=O)c2cccnc2NN)CC1. The summed E-state index contributed by atoms with van der Waals surface area (Å²) in [6.45, 7) is 5.66. The topological polar surface area (TPSA) is 91.6 Å². The van der Waals surface area contributed by atoms with E-state index in [9.17, 15) is 8.42 Å². The van der Waals surface area contributed by atoms with Crippen LogP contribution in [0.2, 0.25) is 0 Å². The molecule has 2 heterocycles. The number of hydrazine groups is 1. The van der Waals surface area contributed by atoms with Gasteiger partial charge in [-0.1, -0.05) is 6.92 Å². The zero-order valence-electron chi connectivity index (χ0n) is 11.6. The summed E-state index contributed by atoms with van der Waals surface area (Å²) >= 11 is 0. The van der Waals surface area contributed by atoms with Crippen LogP contribution >= 0.6 is 0 Å². The number of pyridine rings is 1. The summed E-state index contributed by atoms with van der Waals surface area (Å²) in [6, 6.07) is 3.12. The summed E-state index contributed by atoms with van der Waals surface area (Å²) in [5, 5.41) is 0. The minimum atomic E-state index is -3.54. The number of anilines is 1. The van der Waals surface area contributed by atoms with Gasteiger partial charge in [-0.15, -0.1) is 0 Å². The Labute approximate surface area is 119 Å². The lowest BCUT2D eigenvalue weighted by Crippen LogP contribution is -2.48. The molecule has 1 aromatic rings. The minimum Gasteiger partial charge on any atom is -0.307 e. The van der Waals surface area contributed by atoms with Crippen molar-refractivity contribution >= 4 is 15.8 Å². The van der Waals surface area contributed by atoms with E-state index in [0.29, 0.717) is 13.1 Å². The van der Waals surface area contributed by atoms with Crippen LogP contribution in [-0.4, -0.2) is 55.3 Å². The number of hydrogen-bond donors (Lipinski definition) is 2. The van der Waals surface area contributed by atoms with E-state index in [-0.39, 0.29) is 10.7 Å². The van der Waals surface area contributed by atoms with Gasteiger partial charge in [0.25, 0.3) is 0 Å². The van der Waals surface area contributed by atoms with Crippen molar-refractivity contribution in [2.75, 3.05) is 38.1 Å². The maximum Gasteiger partial charge on any atom is 0.246 e. The van der Waals surface area contributed by atoms with Gasteiger partial charge in [0.05, 0.1) is 0 Å². The van der Waals surface area contributed by atoms with Gasteiger partial charge in [-0.3, -0.25) is 0 Å². The van der Waals surface area contributed by atoms with E-state index >= 15 is 0 Å². The van der Waals surface area contributed by atoms with Gasteiger partial charge in [-0.25, -0.2) is 19.2 Å². The lowest BCUT2D eigenvalue weighted by molar-refractivity contribution is 0.188. The van der Waals surface area contributed by atoms with Crippen molar-refractivity contribution in [3.63, 3.8) is 0 Å². The molecule has 112 valence electrons. The number of hydrogen-bond acceptors (Lipinski definition) is 6. The highest BCUT2D eigenvalue weighted by atomic mass is 32.2. The Morgan fingerprint density at radius 2 is 2.05 bits per heavy atom. The smallest absolute Gasteiger partial charge is 0.246 e. The minimum absolute atomic E-state index is 0.131. The molecular formula is C12H21N5O2S. The Balaban J connectivity index is 2.16. The summed E-state index contributed by atoms with van der Waals surface area (Å²) in [5.41, 5.74) is 2.34. The second-order valence-electron chi connectivity index (χ2n) is 4.74. The molecule has 1 aliphatic rings. The highest BCUT2D eigenvalue weighted by Crippen LogP contribution is 2.22. The number of nitrogens with one attached hydrogen (secondary N) is 1. The molecule has 0 unspecified atom stereocenters. The molecule has 0 aliphatic carbocycles. The summed E-state index contributed by atoms with van der Waals surface area (Å²) in [4.78, 5) is 6.36. The number of nitrogen functional groups attached to an aromatic ring is 1. The van der Waals surface area contributed by atoms with Crippen LogP contribution in [0, 0.1) is 0 Å². The number of piperazine rings is 1. The Kier molecular flexibility index (Phi) is 4.92. The molecule has 8 heteroatoms. The predicted molar refractivity (Wildman–Crippen MR) is 77.5 cm³/mol. The Morgan fingerprint density at radius 1 is 1.35 bits per heavy atom. The monoisotopic (exact) mass is 299 g/mol. The van der Waals surface area contributed by atoms with Crippen LogP contribution in [0.25, 0.3) is 0 Å². The lowest BCUT2D eigenvalue weighted by atomic mass is 10.3. The molecule has 1 saturated heterocycles. The average Bonchev–Trinajstić information content (AvgIpc) is 2.48. The van der Waals surface area contributed by atoms with Crippen LogP contribution in [0.1, 0.15) is 13.3 Å². The first-order valence-corrected chi connectivity index (χ1v) is 8.17. The van der Waals surface area contributed by atoms with Crippen molar-refractivity contribution in [2.45, 2.75) is 18.2 Å². The fourth-order valence-electron chi connectivity index (χ4n) is 2.36. The van der Waals surface area contributed by atoms with E-state index in [0.717, 1.165) is 26.1 Å². The quantitative estimate of drug-likeness (QED) is 0.591. The summed E-state index contributed by atoms with van der Waals surface area (Å²) < 4.78 is 26.7. The number of nitrogens with two attached hydrogens (primary N) is 1. The molecule has 0 amide bonds. The molecule has 0 bridgehead atoms. The average molecular weight is 299 g/mol. The van der Waals surface area contributed by atoms with Crippen molar-refractivity contribution in [2.24, 2.45) is 5.84 Å².